The Morgan fingerprint density at radius 3 is 2.60 bits per heavy atom. The predicted molar refractivity (Wildman–Crippen MR) is 117 cm³/mol. The minimum absolute atomic E-state index is 0.612. The predicted octanol–water partition coefficient (Wildman–Crippen LogP) is 3.13. The highest BCUT2D eigenvalue weighted by molar-refractivity contribution is 7.80. The number of hydrogen-bond acceptors (Lipinski definition) is 5. The Kier molecular flexibility index (Phi) is 10.0. The molecule has 0 spiro atoms. The van der Waals surface area contributed by atoms with E-state index >= 15 is 0 Å². The van der Waals surface area contributed by atoms with Gasteiger partial charge in [-0.3, -0.25) is 0 Å². The minimum atomic E-state index is 0.612. The maximum Gasteiger partial charge on any atom is 0.0406 e. The largest absolute Gasteiger partial charge is 0.315 e. The average molecular weight is 402 g/mol. The highest BCUT2D eigenvalue weighted by atomic mass is 35.5. The van der Waals surface area contributed by atoms with E-state index in [0.29, 0.717) is 11.8 Å². The van der Waals surface area contributed by atoms with Gasteiger partial charge in [0, 0.05) is 55.8 Å². The van der Waals surface area contributed by atoms with Crippen molar-refractivity contribution in [3.8, 4) is 0 Å². The summed E-state index contributed by atoms with van der Waals surface area (Å²) in [6.45, 7) is 7.54. The SMILES string of the molecule is CN1CCC(c2ccc(Cl)cc2)C(CN(CCS)CCNCCS)C1. The maximum atomic E-state index is 6.08. The van der Waals surface area contributed by atoms with Gasteiger partial charge in [-0.15, -0.1) is 0 Å². The zero-order chi connectivity index (χ0) is 18.1. The molecule has 0 radical (unpaired) electrons. The summed E-state index contributed by atoms with van der Waals surface area (Å²) < 4.78 is 0. The summed E-state index contributed by atoms with van der Waals surface area (Å²) >= 11 is 14.8. The lowest BCUT2D eigenvalue weighted by molar-refractivity contribution is 0.136. The molecule has 1 aromatic carbocycles. The molecule has 2 rings (SSSR count). The summed E-state index contributed by atoms with van der Waals surface area (Å²) in [6, 6.07) is 8.48. The summed E-state index contributed by atoms with van der Waals surface area (Å²) in [5.74, 6) is 3.05. The molecule has 0 bridgehead atoms. The first-order valence-electron chi connectivity index (χ1n) is 9.23. The lowest BCUT2D eigenvalue weighted by Gasteiger charge is -2.40. The maximum absolute atomic E-state index is 6.08. The van der Waals surface area contributed by atoms with Gasteiger partial charge in [0.2, 0.25) is 0 Å². The van der Waals surface area contributed by atoms with Crippen molar-refractivity contribution >= 4 is 36.9 Å². The van der Waals surface area contributed by atoms with E-state index in [-0.39, 0.29) is 0 Å². The number of rotatable bonds is 10. The van der Waals surface area contributed by atoms with Crippen LogP contribution in [0.15, 0.2) is 24.3 Å². The summed E-state index contributed by atoms with van der Waals surface area (Å²) in [6.07, 6.45) is 1.22. The molecular weight excluding hydrogens is 370 g/mol. The third kappa shape index (κ3) is 7.31. The van der Waals surface area contributed by atoms with Gasteiger partial charge in [-0.25, -0.2) is 0 Å². The minimum Gasteiger partial charge on any atom is -0.315 e. The molecule has 1 saturated heterocycles. The topological polar surface area (TPSA) is 18.5 Å². The fourth-order valence-corrected chi connectivity index (χ4v) is 4.32. The first kappa shape index (κ1) is 21.4. The summed E-state index contributed by atoms with van der Waals surface area (Å²) in [5, 5.41) is 4.27. The second-order valence-corrected chi connectivity index (χ2v) is 8.30. The van der Waals surface area contributed by atoms with Crippen molar-refractivity contribution in [3.63, 3.8) is 0 Å². The summed E-state index contributed by atoms with van der Waals surface area (Å²) in [5.41, 5.74) is 1.43. The summed E-state index contributed by atoms with van der Waals surface area (Å²) in [4.78, 5) is 5.03. The molecule has 142 valence electrons. The van der Waals surface area contributed by atoms with Gasteiger partial charge in [0.15, 0.2) is 0 Å². The monoisotopic (exact) mass is 401 g/mol. The Balaban J connectivity index is 2.00. The molecular formula is C19H32ClN3S2. The molecule has 0 aromatic heterocycles. The molecule has 0 amide bonds. The van der Waals surface area contributed by atoms with E-state index in [1.54, 1.807) is 0 Å². The van der Waals surface area contributed by atoms with Crippen LogP contribution in [0.5, 0.6) is 0 Å². The molecule has 0 saturated carbocycles. The lowest BCUT2D eigenvalue weighted by atomic mass is 9.80. The van der Waals surface area contributed by atoms with E-state index < -0.39 is 0 Å². The molecule has 0 aliphatic carbocycles. The van der Waals surface area contributed by atoms with Gasteiger partial charge in [-0.1, -0.05) is 23.7 Å². The summed E-state index contributed by atoms with van der Waals surface area (Å²) in [7, 11) is 2.24. The van der Waals surface area contributed by atoms with Crippen LogP contribution >= 0.6 is 36.9 Å². The Morgan fingerprint density at radius 1 is 1.16 bits per heavy atom. The number of benzene rings is 1. The Hall–Kier alpha value is 0.0900. The number of piperidine rings is 1. The smallest absolute Gasteiger partial charge is 0.0406 e. The van der Waals surface area contributed by atoms with Gasteiger partial charge in [0.05, 0.1) is 0 Å². The number of nitrogens with one attached hydrogen (secondary N) is 1. The highest BCUT2D eigenvalue weighted by Gasteiger charge is 2.30. The molecule has 6 heteroatoms. The molecule has 2 unspecified atom stereocenters. The standard InChI is InChI=1S/C19H32ClN3S2/c1-22-9-6-19(16-2-4-18(20)5-3-16)17(14-22)15-23(11-13-25)10-7-21-8-12-24/h2-5,17,19,21,24-25H,6-15H2,1H3. The van der Waals surface area contributed by atoms with Crippen molar-refractivity contribution in [1.29, 1.82) is 0 Å². The molecule has 1 fully saturated rings. The van der Waals surface area contributed by atoms with Gasteiger partial charge in [0.1, 0.15) is 0 Å². The molecule has 1 heterocycles. The van der Waals surface area contributed by atoms with Crippen LogP contribution in [0.1, 0.15) is 17.9 Å². The second kappa shape index (κ2) is 11.7. The van der Waals surface area contributed by atoms with Crippen LogP contribution < -0.4 is 5.32 Å². The number of thiol groups is 2. The zero-order valence-corrected chi connectivity index (χ0v) is 17.7. The third-order valence-electron chi connectivity index (χ3n) is 5.04. The van der Waals surface area contributed by atoms with E-state index in [4.69, 9.17) is 11.6 Å². The van der Waals surface area contributed by atoms with Gasteiger partial charge in [0.25, 0.3) is 0 Å². The molecule has 1 N–H and O–H groups in total. The van der Waals surface area contributed by atoms with E-state index in [1.165, 1.54) is 18.5 Å². The third-order valence-corrected chi connectivity index (χ3v) is 5.71. The van der Waals surface area contributed by atoms with Gasteiger partial charge in [-0.05, 0) is 49.5 Å². The van der Waals surface area contributed by atoms with E-state index in [2.05, 4.69) is 59.6 Å². The molecule has 1 aliphatic rings. The lowest BCUT2D eigenvalue weighted by Crippen LogP contribution is -2.45. The fraction of sp³-hybridized carbons (Fsp3) is 0.684. The first-order valence-corrected chi connectivity index (χ1v) is 10.9. The molecule has 1 aliphatic heterocycles. The quantitative estimate of drug-likeness (QED) is 0.413. The van der Waals surface area contributed by atoms with Crippen molar-refractivity contribution in [2.24, 2.45) is 5.92 Å². The number of nitrogens with zero attached hydrogens (tertiary/aromatic N) is 2. The van der Waals surface area contributed by atoms with Crippen molar-refractivity contribution < 1.29 is 0 Å². The van der Waals surface area contributed by atoms with Crippen molar-refractivity contribution in [2.75, 3.05) is 64.4 Å². The second-order valence-electron chi connectivity index (χ2n) is 6.97. The zero-order valence-electron chi connectivity index (χ0n) is 15.2. The van der Waals surface area contributed by atoms with Crippen molar-refractivity contribution in [3.05, 3.63) is 34.9 Å². The molecule has 3 nitrogen and oxygen atoms in total. The Labute approximate surface area is 169 Å². The van der Waals surface area contributed by atoms with Crippen molar-refractivity contribution in [1.82, 2.24) is 15.1 Å². The average Bonchev–Trinajstić information content (AvgIpc) is 2.60. The highest BCUT2D eigenvalue weighted by Crippen LogP contribution is 2.33. The number of likely N-dealkylation sites (tertiary alicyclic amines) is 1. The van der Waals surface area contributed by atoms with Crippen LogP contribution in [-0.4, -0.2) is 74.2 Å². The van der Waals surface area contributed by atoms with Crippen LogP contribution in [0.25, 0.3) is 0 Å². The van der Waals surface area contributed by atoms with Crippen LogP contribution in [0.2, 0.25) is 5.02 Å². The van der Waals surface area contributed by atoms with Crippen molar-refractivity contribution in [2.45, 2.75) is 12.3 Å². The van der Waals surface area contributed by atoms with Crippen LogP contribution in [0.4, 0.5) is 0 Å². The molecule has 1 aromatic rings. The van der Waals surface area contributed by atoms with Gasteiger partial charge in [-0.2, -0.15) is 25.3 Å². The Bertz CT molecular complexity index is 486. The van der Waals surface area contributed by atoms with E-state index in [9.17, 15) is 0 Å². The van der Waals surface area contributed by atoms with E-state index in [0.717, 1.165) is 55.8 Å². The number of hydrogen-bond donors (Lipinski definition) is 3. The number of halogens is 1. The molecule has 25 heavy (non-hydrogen) atoms. The van der Waals surface area contributed by atoms with E-state index in [1.807, 2.05) is 12.1 Å². The van der Waals surface area contributed by atoms with Gasteiger partial charge >= 0.3 is 0 Å². The van der Waals surface area contributed by atoms with Crippen LogP contribution in [0, 0.1) is 5.92 Å². The van der Waals surface area contributed by atoms with Crippen LogP contribution in [0.3, 0.4) is 0 Å². The Morgan fingerprint density at radius 2 is 1.92 bits per heavy atom. The normalized spacial score (nSPS) is 21.8. The first-order chi connectivity index (χ1) is 12.1. The fourth-order valence-electron chi connectivity index (χ4n) is 3.76. The van der Waals surface area contributed by atoms with Gasteiger partial charge < -0.3 is 15.1 Å². The van der Waals surface area contributed by atoms with Crippen LogP contribution in [-0.2, 0) is 0 Å². The molecule has 2 atom stereocenters.